The molecule has 0 bridgehead atoms. The maximum atomic E-state index is 10.8. The van der Waals surface area contributed by atoms with Crippen molar-refractivity contribution >= 4 is 18.0 Å². The zero-order valence-corrected chi connectivity index (χ0v) is 9.25. The zero-order valence-electron chi connectivity index (χ0n) is 9.25. The van der Waals surface area contributed by atoms with E-state index in [1.165, 1.54) is 29.6 Å². The predicted octanol–water partition coefficient (Wildman–Crippen LogP) is 1.73. The van der Waals surface area contributed by atoms with Crippen LogP contribution in [0.25, 0.3) is 6.08 Å². The molecule has 0 saturated heterocycles. The van der Waals surface area contributed by atoms with Gasteiger partial charge in [0.15, 0.2) is 0 Å². The molecular weight excluding hydrogens is 234 g/mol. The van der Waals surface area contributed by atoms with Gasteiger partial charge < -0.3 is 0 Å². The summed E-state index contributed by atoms with van der Waals surface area (Å²) in [5.41, 5.74) is 0.587. The highest BCUT2D eigenvalue weighted by molar-refractivity contribution is 5.79. The van der Waals surface area contributed by atoms with Gasteiger partial charge in [-0.3, -0.25) is 10.1 Å². The normalized spacial score (nSPS) is 11.3. The van der Waals surface area contributed by atoms with E-state index in [-0.39, 0.29) is 5.69 Å². The van der Waals surface area contributed by atoms with Crippen LogP contribution in [0.3, 0.4) is 0 Å². The highest BCUT2D eigenvalue weighted by Crippen LogP contribution is 2.18. The Balaban J connectivity index is 2.12. The molecule has 0 unspecified atom stereocenters. The van der Waals surface area contributed by atoms with Gasteiger partial charge in [-0.15, -0.1) is 10.2 Å². The SMILES string of the molecule is O=[N+]([O-])c1ccccc1/C=C/C=N\n1cnnc1. The van der Waals surface area contributed by atoms with Crippen LogP contribution in [-0.2, 0) is 0 Å². The Labute approximate surface area is 102 Å². The van der Waals surface area contributed by atoms with Gasteiger partial charge in [-0.2, -0.15) is 5.10 Å². The summed E-state index contributed by atoms with van der Waals surface area (Å²) in [5, 5.41) is 21.9. The van der Waals surface area contributed by atoms with Crippen molar-refractivity contribution in [2.45, 2.75) is 0 Å². The maximum Gasteiger partial charge on any atom is 0.276 e. The zero-order chi connectivity index (χ0) is 12.8. The highest BCUT2D eigenvalue weighted by Gasteiger charge is 2.08. The smallest absolute Gasteiger partial charge is 0.258 e. The van der Waals surface area contributed by atoms with Crippen LogP contribution in [0.2, 0.25) is 0 Å². The summed E-state index contributed by atoms with van der Waals surface area (Å²) in [6, 6.07) is 6.49. The summed E-state index contributed by atoms with van der Waals surface area (Å²) >= 11 is 0. The van der Waals surface area contributed by atoms with Gasteiger partial charge in [0.1, 0.15) is 12.7 Å². The summed E-state index contributed by atoms with van der Waals surface area (Å²) in [4.78, 5) is 10.3. The largest absolute Gasteiger partial charge is 0.276 e. The first-order chi connectivity index (χ1) is 8.77. The molecule has 0 fully saturated rings. The van der Waals surface area contributed by atoms with Crippen molar-refractivity contribution in [2.75, 3.05) is 0 Å². The van der Waals surface area contributed by atoms with Gasteiger partial charge in [0, 0.05) is 12.3 Å². The lowest BCUT2D eigenvalue weighted by atomic mass is 10.2. The Bertz CT molecular complexity index is 589. The van der Waals surface area contributed by atoms with Crippen molar-refractivity contribution in [2.24, 2.45) is 5.10 Å². The molecule has 1 aromatic carbocycles. The fourth-order valence-electron chi connectivity index (χ4n) is 1.31. The van der Waals surface area contributed by atoms with Crippen molar-refractivity contribution in [1.29, 1.82) is 0 Å². The second kappa shape index (κ2) is 5.48. The number of benzene rings is 1. The lowest BCUT2D eigenvalue weighted by Gasteiger charge is -1.95. The molecule has 0 saturated carbocycles. The van der Waals surface area contributed by atoms with Gasteiger partial charge in [-0.1, -0.05) is 12.1 Å². The number of nitro groups is 1. The Morgan fingerprint density at radius 2 is 2.00 bits per heavy atom. The second-order valence-electron chi connectivity index (χ2n) is 3.28. The molecule has 0 N–H and O–H groups in total. The highest BCUT2D eigenvalue weighted by atomic mass is 16.6. The molecule has 0 aliphatic heterocycles. The fourth-order valence-corrected chi connectivity index (χ4v) is 1.31. The number of hydrogen-bond donors (Lipinski definition) is 0. The first-order valence-electron chi connectivity index (χ1n) is 5.06. The number of nitrogens with zero attached hydrogens (tertiary/aromatic N) is 5. The van der Waals surface area contributed by atoms with Gasteiger partial charge in [-0.25, -0.2) is 4.68 Å². The van der Waals surface area contributed by atoms with Crippen molar-refractivity contribution in [3.8, 4) is 0 Å². The molecule has 2 rings (SSSR count). The molecule has 0 atom stereocenters. The van der Waals surface area contributed by atoms with Crippen LogP contribution >= 0.6 is 0 Å². The first-order valence-corrected chi connectivity index (χ1v) is 5.06. The molecule has 7 heteroatoms. The van der Waals surface area contributed by atoms with Gasteiger partial charge in [-0.05, 0) is 18.2 Å². The van der Waals surface area contributed by atoms with Crippen LogP contribution in [0, 0.1) is 10.1 Å². The topological polar surface area (TPSA) is 86.2 Å². The summed E-state index contributed by atoms with van der Waals surface area (Å²) in [6.45, 7) is 0. The molecule has 7 nitrogen and oxygen atoms in total. The van der Waals surface area contributed by atoms with E-state index < -0.39 is 4.92 Å². The number of nitro benzene ring substituents is 1. The number of para-hydroxylation sites is 1. The molecule has 90 valence electrons. The average Bonchev–Trinajstić information content (AvgIpc) is 2.88. The van der Waals surface area contributed by atoms with Crippen molar-refractivity contribution in [1.82, 2.24) is 14.9 Å². The van der Waals surface area contributed by atoms with Crippen LogP contribution in [0.4, 0.5) is 5.69 Å². The Morgan fingerprint density at radius 3 is 2.72 bits per heavy atom. The third-order valence-corrected chi connectivity index (χ3v) is 2.10. The van der Waals surface area contributed by atoms with Gasteiger partial charge in [0.05, 0.1) is 10.5 Å². The summed E-state index contributed by atoms with van der Waals surface area (Å²) in [5.74, 6) is 0. The van der Waals surface area contributed by atoms with Crippen LogP contribution in [0.1, 0.15) is 5.56 Å². The van der Waals surface area contributed by atoms with E-state index in [2.05, 4.69) is 15.3 Å². The molecule has 0 spiro atoms. The lowest BCUT2D eigenvalue weighted by Crippen LogP contribution is -1.90. The van der Waals surface area contributed by atoms with Crippen LogP contribution in [0.5, 0.6) is 0 Å². The number of rotatable bonds is 4. The van der Waals surface area contributed by atoms with E-state index in [0.29, 0.717) is 5.56 Å². The van der Waals surface area contributed by atoms with Crippen LogP contribution in [0.15, 0.2) is 48.1 Å². The lowest BCUT2D eigenvalue weighted by molar-refractivity contribution is -0.385. The van der Waals surface area contributed by atoms with Crippen molar-refractivity contribution in [3.05, 3.63) is 58.7 Å². The number of allylic oxidation sites excluding steroid dienone is 1. The van der Waals surface area contributed by atoms with Crippen LogP contribution < -0.4 is 0 Å². The van der Waals surface area contributed by atoms with Gasteiger partial charge >= 0.3 is 0 Å². The molecule has 0 radical (unpaired) electrons. The Morgan fingerprint density at radius 1 is 1.28 bits per heavy atom. The second-order valence-corrected chi connectivity index (χ2v) is 3.28. The maximum absolute atomic E-state index is 10.8. The Hall–Kier alpha value is -2.83. The molecule has 0 aliphatic rings. The van der Waals surface area contributed by atoms with E-state index in [0.717, 1.165) is 0 Å². The fraction of sp³-hybridized carbons (Fsp3) is 0. The molecule has 1 aromatic heterocycles. The van der Waals surface area contributed by atoms with E-state index in [4.69, 9.17) is 0 Å². The minimum absolute atomic E-state index is 0.0615. The molecule has 0 aliphatic carbocycles. The minimum atomic E-state index is -0.420. The Kier molecular flexibility index (Phi) is 3.55. The monoisotopic (exact) mass is 243 g/mol. The van der Waals surface area contributed by atoms with Crippen molar-refractivity contribution < 1.29 is 4.92 Å². The summed E-state index contributed by atoms with van der Waals surface area (Å²) in [6.07, 6.45) is 7.61. The first kappa shape index (κ1) is 11.6. The molecule has 1 heterocycles. The van der Waals surface area contributed by atoms with E-state index in [1.54, 1.807) is 30.4 Å². The van der Waals surface area contributed by atoms with E-state index >= 15 is 0 Å². The van der Waals surface area contributed by atoms with E-state index in [1.807, 2.05) is 0 Å². The standard InChI is InChI=1S/C11H9N5O2/c17-16(18)11-6-2-1-4-10(11)5-3-7-14-15-8-12-13-9-15/h1-9H/b5-3+,14-7-. The molecule has 2 aromatic rings. The summed E-state index contributed by atoms with van der Waals surface area (Å²) in [7, 11) is 0. The molecule has 18 heavy (non-hydrogen) atoms. The van der Waals surface area contributed by atoms with E-state index in [9.17, 15) is 10.1 Å². The molecule has 0 amide bonds. The number of aromatic nitrogens is 3. The van der Waals surface area contributed by atoms with Crippen LogP contribution in [-0.4, -0.2) is 26.0 Å². The molecular formula is C11H9N5O2. The summed E-state index contributed by atoms with van der Waals surface area (Å²) < 4.78 is 1.42. The number of hydrogen-bond acceptors (Lipinski definition) is 5. The minimum Gasteiger partial charge on any atom is -0.258 e. The van der Waals surface area contributed by atoms with Gasteiger partial charge in [0.2, 0.25) is 0 Å². The van der Waals surface area contributed by atoms with Crippen molar-refractivity contribution in [3.63, 3.8) is 0 Å². The predicted molar refractivity (Wildman–Crippen MR) is 66.0 cm³/mol. The van der Waals surface area contributed by atoms with Gasteiger partial charge in [0.25, 0.3) is 5.69 Å². The quantitative estimate of drug-likeness (QED) is 0.465. The third kappa shape index (κ3) is 2.85. The third-order valence-electron chi connectivity index (χ3n) is 2.10. The average molecular weight is 243 g/mol.